The molecule has 118 valence electrons. The van der Waals surface area contributed by atoms with Crippen molar-refractivity contribution in [1.29, 1.82) is 0 Å². The molecule has 1 aliphatic heterocycles. The third-order valence-electron chi connectivity index (χ3n) is 5.52. The number of piperazine rings is 1. The number of nitrogens with one attached hydrogen (secondary N) is 1. The Morgan fingerprint density at radius 3 is 2.15 bits per heavy atom. The quantitative estimate of drug-likeness (QED) is 0.815. The number of rotatable bonds is 2. The third-order valence-corrected chi connectivity index (χ3v) is 5.52. The van der Waals surface area contributed by atoms with Crippen LogP contribution in [0, 0.1) is 5.41 Å². The molecule has 1 saturated carbocycles. The summed E-state index contributed by atoms with van der Waals surface area (Å²) < 4.78 is 0. The highest BCUT2D eigenvalue weighted by Crippen LogP contribution is 2.29. The van der Waals surface area contributed by atoms with Crippen LogP contribution in [-0.2, 0) is 0 Å². The first-order chi connectivity index (χ1) is 9.52. The van der Waals surface area contributed by atoms with E-state index in [1.807, 2.05) is 0 Å². The Kier molecular flexibility index (Phi) is 5.92. The summed E-state index contributed by atoms with van der Waals surface area (Å²) in [7, 11) is 0. The summed E-state index contributed by atoms with van der Waals surface area (Å²) in [5.74, 6) is 0. The molecule has 0 aromatic rings. The Hall–Kier alpha value is -0.0800. The zero-order valence-corrected chi connectivity index (χ0v) is 14.3. The summed E-state index contributed by atoms with van der Waals surface area (Å²) in [5, 5.41) is 3.82. The van der Waals surface area contributed by atoms with Crippen molar-refractivity contribution in [2.75, 3.05) is 13.1 Å². The van der Waals surface area contributed by atoms with Gasteiger partial charge in [0.05, 0.1) is 0 Å². The molecule has 2 aliphatic rings. The van der Waals surface area contributed by atoms with Gasteiger partial charge in [0.2, 0.25) is 0 Å². The molecule has 1 heterocycles. The first kappa shape index (κ1) is 16.3. The minimum atomic E-state index is 0.374. The van der Waals surface area contributed by atoms with Crippen LogP contribution in [0.3, 0.4) is 0 Å². The Labute approximate surface area is 126 Å². The molecule has 0 aromatic heterocycles. The van der Waals surface area contributed by atoms with Crippen LogP contribution in [0.4, 0.5) is 0 Å². The van der Waals surface area contributed by atoms with Crippen LogP contribution in [0.1, 0.15) is 79.1 Å². The highest BCUT2D eigenvalue weighted by atomic mass is 15.3. The molecule has 0 aromatic carbocycles. The van der Waals surface area contributed by atoms with E-state index in [1.54, 1.807) is 0 Å². The van der Waals surface area contributed by atoms with Crippen LogP contribution in [0.15, 0.2) is 0 Å². The second-order valence-corrected chi connectivity index (χ2v) is 8.08. The molecule has 2 fully saturated rings. The maximum atomic E-state index is 3.82. The molecule has 1 N–H and O–H groups in total. The molecule has 1 saturated heterocycles. The molecule has 0 spiro atoms. The van der Waals surface area contributed by atoms with Gasteiger partial charge in [-0.1, -0.05) is 59.8 Å². The zero-order chi connectivity index (χ0) is 14.6. The number of hydrogen-bond acceptors (Lipinski definition) is 2. The molecule has 2 nitrogen and oxygen atoms in total. The van der Waals surface area contributed by atoms with E-state index in [1.165, 1.54) is 64.5 Å². The molecule has 20 heavy (non-hydrogen) atoms. The van der Waals surface area contributed by atoms with E-state index in [9.17, 15) is 0 Å². The van der Waals surface area contributed by atoms with E-state index in [-0.39, 0.29) is 0 Å². The SMILES string of the molecule is CCC1CNC(C(C)(C)C)CN1C1CCCCCCC1. The Bertz CT molecular complexity index is 274. The van der Waals surface area contributed by atoms with Crippen LogP contribution in [0.2, 0.25) is 0 Å². The molecular formula is C18H36N2. The van der Waals surface area contributed by atoms with E-state index >= 15 is 0 Å². The average Bonchev–Trinajstić information content (AvgIpc) is 2.36. The van der Waals surface area contributed by atoms with Crippen LogP contribution in [0.5, 0.6) is 0 Å². The highest BCUT2D eigenvalue weighted by molar-refractivity contribution is 4.94. The largest absolute Gasteiger partial charge is 0.311 e. The van der Waals surface area contributed by atoms with Crippen molar-refractivity contribution in [3.8, 4) is 0 Å². The molecule has 0 bridgehead atoms. The third kappa shape index (κ3) is 4.21. The summed E-state index contributed by atoms with van der Waals surface area (Å²) >= 11 is 0. The maximum Gasteiger partial charge on any atom is 0.0244 e. The van der Waals surface area contributed by atoms with Crippen molar-refractivity contribution in [2.24, 2.45) is 5.41 Å². The van der Waals surface area contributed by atoms with Gasteiger partial charge in [0.15, 0.2) is 0 Å². The van der Waals surface area contributed by atoms with Gasteiger partial charge in [-0.05, 0) is 24.7 Å². The molecular weight excluding hydrogens is 244 g/mol. The van der Waals surface area contributed by atoms with E-state index < -0.39 is 0 Å². The summed E-state index contributed by atoms with van der Waals surface area (Å²) in [6, 6.07) is 2.26. The molecule has 2 rings (SSSR count). The monoisotopic (exact) mass is 280 g/mol. The maximum absolute atomic E-state index is 3.82. The van der Waals surface area contributed by atoms with E-state index in [0.717, 1.165) is 12.1 Å². The Morgan fingerprint density at radius 1 is 1.00 bits per heavy atom. The summed E-state index contributed by atoms with van der Waals surface area (Å²) in [6.45, 7) is 12.0. The second kappa shape index (κ2) is 7.26. The standard InChI is InChI=1S/C18H36N2/c1-5-15-13-19-17(18(2,3)4)14-20(15)16-11-9-7-6-8-10-12-16/h15-17,19H,5-14H2,1-4H3. The summed E-state index contributed by atoms with van der Waals surface area (Å²) in [6.07, 6.45) is 11.5. The van der Waals surface area contributed by atoms with Crippen LogP contribution >= 0.6 is 0 Å². The summed E-state index contributed by atoms with van der Waals surface area (Å²) in [5.41, 5.74) is 0.374. The molecule has 0 radical (unpaired) electrons. The minimum absolute atomic E-state index is 0.374. The van der Waals surface area contributed by atoms with Gasteiger partial charge in [-0.2, -0.15) is 0 Å². The van der Waals surface area contributed by atoms with Crippen molar-refractivity contribution >= 4 is 0 Å². The van der Waals surface area contributed by atoms with Gasteiger partial charge in [-0.3, -0.25) is 4.90 Å². The minimum Gasteiger partial charge on any atom is -0.311 e. The molecule has 2 heteroatoms. The van der Waals surface area contributed by atoms with E-state index in [2.05, 4.69) is 37.9 Å². The average molecular weight is 280 g/mol. The zero-order valence-electron chi connectivity index (χ0n) is 14.3. The lowest BCUT2D eigenvalue weighted by Gasteiger charge is -2.48. The van der Waals surface area contributed by atoms with Gasteiger partial charge in [-0.25, -0.2) is 0 Å². The van der Waals surface area contributed by atoms with Gasteiger partial charge < -0.3 is 5.32 Å². The van der Waals surface area contributed by atoms with E-state index in [0.29, 0.717) is 11.5 Å². The van der Waals surface area contributed by atoms with Gasteiger partial charge in [0.1, 0.15) is 0 Å². The van der Waals surface area contributed by atoms with Gasteiger partial charge in [0, 0.05) is 31.2 Å². The van der Waals surface area contributed by atoms with Crippen LogP contribution in [-0.4, -0.2) is 36.1 Å². The van der Waals surface area contributed by atoms with Crippen molar-refractivity contribution < 1.29 is 0 Å². The van der Waals surface area contributed by atoms with Crippen molar-refractivity contribution in [2.45, 2.75) is 97.2 Å². The normalized spacial score (nSPS) is 31.8. The Balaban J connectivity index is 2.03. The van der Waals surface area contributed by atoms with Crippen molar-refractivity contribution in [3.05, 3.63) is 0 Å². The fraction of sp³-hybridized carbons (Fsp3) is 1.00. The van der Waals surface area contributed by atoms with E-state index in [4.69, 9.17) is 0 Å². The van der Waals surface area contributed by atoms with Gasteiger partial charge in [0.25, 0.3) is 0 Å². The van der Waals surface area contributed by atoms with Crippen LogP contribution in [0.25, 0.3) is 0 Å². The van der Waals surface area contributed by atoms with Gasteiger partial charge >= 0.3 is 0 Å². The lowest BCUT2D eigenvalue weighted by molar-refractivity contribution is 0.0375. The first-order valence-corrected chi connectivity index (χ1v) is 9.01. The van der Waals surface area contributed by atoms with Gasteiger partial charge in [-0.15, -0.1) is 0 Å². The topological polar surface area (TPSA) is 15.3 Å². The molecule has 1 aliphatic carbocycles. The number of hydrogen-bond donors (Lipinski definition) is 1. The second-order valence-electron chi connectivity index (χ2n) is 8.08. The fourth-order valence-corrected chi connectivity index (χ4v) is 3.99. The predicted octanol–water partition coefficient (Wildman–Crippen LogP) is 4.20. The smallest absolute Gasteiger partial charge is 0.0244 e. The fourth-order valence-electron chi connectivity index (χ4n) is 3.99. The molecule has 2 atom stereocenters. The molecule has 0 amide bonds. The first-order valence-electron chi connectivity index (χ1n) is 9.01. The highest BCUT2D eigenvalue weighted by Gasteiger charge is 2.36. The lowest BCUT2D eigenvalue weighted by atomic mass is 9.83. The van der Waals surface area contributed by atoms with Crippen molar-refractivity contribution in [1.82, 2.24) is 10.2 Å². The lowest BCUT2D eigenvalue weighted by Crippen LogP contribution is -2.62. The van der Waals surface area contributed by atoms with Crippen molar-refractivity contribution in [3.63, 3.8) is 0 Å². The number of nitrogens with zero attached hydrogens (tertiary/aromatic N) is 1. The molecule has 2 unspecified atom stereocenters. The predicted molar refractivity (Wildman–Crippen MR) is 88.1 cm³/mol. The summed E-state index contributed by atoms with van der Waals surface area (Å²) in [4.78, 5) is 2.89. The Morgan fingerprint density at radius 2 is 1.60 bits per heavy atom. The van der Waals surface area contributed by atoms with Crippen LogP contribution < -0.4 is 5.32 Å².